The second-order valence-electron chi connectivity index (χ2n) is 3.36. The molecule has 17 heavy (non-hydrogen) atoms. The van der Waals surface area contributed by atoms with Crippen molar-refractivity contribution in [2.24, 2.45) is 0 Å². The molecule has 2 rings (SSSR count). The fourth-order valence-corrected chi connectivity index (χ4v) is 2.10. The van der Waals surface area contributed by atoms with Gasteiger partial charge in [0.25, 0.3) is 0 Å². The molecule has 0 spiro atoms. The Balaban J connectivity index is 2.14. The summed E-state index contributed by atoms with van der Waals surface area (Å²) in [6, 6.07) is 15.3. The van der Waals surface area contributed by atoms with Crippen molar-refractivity contribution in [1.29, 1.82) is 0 Å². The first-order valence-electron chi connectivity index (χ1n) is 4.87. The molecule has 0 aliphatic heterocycles. The van der Waals surface area contributed by atoms with E-state index in [9.17, 15) is 13.2 Å². The molecular formula is C13H8F3S. The predicted molar refractivity (Wildman–Crippen MR) is 60.8 cm³/mol. The highest BCUT2D eigenvalue weighted by atomic mass is 32.2. The predicted octanol–water partition coefficient (Wildman–Crippen LogP) is 4.66. The van der Waals surface area contributed by atoms with Gasteiger partial charge >= 0.3 is 6.18 Å². The highest BCUT2D eigenvalue weighted by Crippen LogP contribution is 2.32. The van der Waals surface area contributed by atoms with Crippen LogP contribution in [0.2, 0.25) is 0 Å². The van der Waals surface area contributed by atoms with Crippen LogP contribution >= 0.6 is 11.8 Å². The van der Waals surface area contributed by atoms with E-state index in [-0.39, 0.29) is 0 Å². The lowest BCUT2D eigenvalue weighted by Crippen LogP contribution is -2.03. The zero-order chi connectivity index (χ0) is 12.3. The molecule has 0 N–H and O–H groups in total. The minimum Gasteiger partial charge on any atom is -0.166 e. The van der Waals surface area contributed by atoms with E-state index in [1.807, 2.05) is 12.1 Å². The Kier molecular flexibility index (Phi) is 3.43. The van der Waals surface area contributed by atoms with E-state index in [0.29, 0.717) is 0 Å². The summed E-state index contributed by atoms with van der Waals surface area (Å²) in [7, 11) is 0. The number of rotatable bonds is 2. The standard InChI is InChI=1S/C13H8F3S/c14-13(15,16)10-6-8-12(9-7-10)17-11-4-2-1-3-5-11/h2-9H. The van der Waals surface area contributed by atoms with Gasteiger partial charge in [0.05, 0.1) is 5.56 Å². The van der Waals surface area contributed by atoms with Crippen LogP contribution in [0.4, 0.5) is 13.2 Å². The summed E-state index contributed by atoms with van der Waals surface area (Å²) in [4.78, 5) is 1.76. The Hall–Kier alpha value is -1.42. The molecule has 1 radical (unpaired) electrons. The first kappa shape index (κ1) is 12.0. The molecule has 0 fully saturated rings. The topological polar surface area (TPSA) is 0 Å². The Morgan fingerprint density at radius 2 is 1.35 bits per heavy atom. The quantitative estimate of drug-likeness (QED) is 0.750. The van der Waals surface area contributed by atoms with Crippen LogP contribution < -0.4 is 0 Å². The minimum atomic E-state index is -4.27. The summed E-state index contributed by atoms with van der Waals surface area (Å²) in [5.41, 5.74) is -0.622. The molecule has 87 valence electrons. The summed E-state index contributed by atoms with van der Waals surface area (Å²) < 4.78 is 37.0. The maximum Gasteiger partial charge on any atom is 0.416 e. The molecule has 0 aliphatic rings. The molecule has 0 aromatic heterocycles. The van der Waals surface area contributed by atoms with Crippen molar-refractivity contribution in [3.8, 4) is 0 Å². The van der Waals surface area contributed by atoms with E-state index < -0.39 is 11.7 Å². The second kappa shape index (κ2) is 4.84. The number of hydrogen-bond donors (Lipinski definition) is 0. The monoisotopic (exact) mass is 253 g/mol. The van der Waals surface area contributed by atoms with Crippen LogP contribution in [0.5, 0.6) is 0 Å². The van der Waals surface area contributed by atoms with Crippen LogP contribution in [0, 0.1) is 6.07 Å². The molecule has 0 aliphatic carbocycles. The van der Waals surface area contributed by atoms with Crippen molar-refractivity contribution in [1.82, 2.24) is 0 Å². The molecule has 2 aromatic carbocycles. The van der Waals surface area contributed by atoms with Crippen molar-refractivity contribution in [2.45, 2.75) is 16.0 Å². The zero-order valence-corrected chi connectivity index (χ0v) is 9.48. The van der Waals surface area contributed by atoms with Crippen molar-refractivity contribution in [2.75, 3.05) is 0 Å². The van der Waals surface area contributed by atoms with Crippen molar-refractivity contribution in [3.05, 3.63) is 60.2 Å². The highest BCUT2D eigenvalue weighted by Gasteiger charge is 2.29. The van der Waals surface area contributed by atoms with E-state index >= 15 is 0 Å². The van der Waals surface area contributed by atoms with Gasteiger partial charge in [0.15, 0.2) is 0 Å². The summed E-state index contributed by atoms with van der Waals surface area (Å²) in [5, 5.41) is 0. The van der Waals surface area contributed by atoms with Crippen LogP contribution in [0.3, 0.4) is 0 Å². The second-order valence-corrected chi connectivity index (χ2v) is 4.51. The first-order valence-corrected chi connectivity index (χ1v) is 5.68. The molecule has 4 heteroatoms. The Bertz CT molecular complexity index is 474. The molecule has 0 atom stereocenters. The molecule has 0 amide bonds. The van der Waals surface area contributed by atoms with E-state index in [1.54, 1.807) is 12.1 Å². The third kappa shape index (κ3) is 3.27. The normalized spacial score (nSPS) is 11.5. The lowest BCUT2D eigenvalue weighted by atomic mass is 10.2. The van der Waals surface area contributed by atoms with Crippen LogP contribution in [0.1, 0.15) is 5.56 Å². The van der Waals surface area contributed by atoms with Crippen molar-refractivity contribution in [3.63, 3.8) is 0 Å². The lowest BCUT2D eigenvalue weighted by molar-refractivity contribution is -0.137. The third-order valence-corrected chi connectivity index (χ3v) is 3.12. The van der Waals surface area contributed by atoms with Crippen LogP contribution in [0.25, 0.3) is 0 Å². The minimum absolute atomic E-state index is 0.622. The average Bonchev–Trinajstić information content (AvgIpc) is 2.30. The Morgan fingerprint density at radius 1 is 0.824 bits per heavy atom. The molecule has 0 unspecified atom stereocenters. The maximum atomic E-state index is 12.3. The lowest BCUT2D eigenvalue weighted by Gasteiger charge is -2.07. The summed E-state index contributed by atoms with van der Waals surface area (Å²) in [5.74, 6) is 0. The number of halogens is 3. The van der Waals surface area contributed by atoms with Gasteiger partial charge in [-0.2, -0.15) is 13.2 Å². The van der Waals surface area contributed by atoms with Gasteiger partial charge in [-0.25, -0.2) is 0 Å². The SMILES string of the molecule is FC(F)(F)c1ccc(Sc2cc[c]cc2)cc1. The van der Waals surface area contributed by atoms with Gasteiger partial charge in [-0.15, -0.1) is 0 Å². The number of benzene rings is 2. The zero-order valence-electron chi connectivity index (χ0n) is 8.66. The molecule has 2 aromatic rings. The highest BCUT2D eigenvalue weighted by molar-refractivity contribution is 7.99. The van der Waals surface area contributed by atoms with E-state index in [4.69, 9.17) is 0 Å². The van der Waals surface area contributed by atoms with E-state index in [1.165, 1.54) is 23.9 Å². The van der Waals surface area contributed by atoms with Gasteiger partial charge in [0.1, 0.15) is 0 Å². The molecule has 0 nitrogen and oxygen atoms in total. The van der Waals surface area contributed by atoms with Crippen LogP contribution in [-0.4, -0.2) is 0 Å². The molecule has 0 heterocycles. The van der Waals surface area contributed by atoms with Gasteiger partial charge in [-0.1, -0.05) is 23.9 Å². The van der Waals surface area contributed by atoms with Gasteiger partial charge in [0, 0.05) is 9.79 Å². The molecule has 0 saturated carbocycles. The third-order valence-electron chi connectivity index (χ3n) is 2.10. The summed E-state index contributed by atoms with van der Waals surface area (Å²) in [6.45, 7) is 0. The smallest absolute Gasteiger partial charge is 0.166 e. The van der Waals surface area contributed by atoms with Crippen LogP contribution in [0.15, 0.2) is 58.3 Å². The van der Waals surface area contributed by atoms with E-state index in [2.05, 4.69) is 6.07 Å². The van der Waals surface area contributed by atoms with Crippen molar-refractivity contribution >= 4 is 11.8 Å². The van der Waals surface area contributed by atoms with Crippen LogP contribution in [-0.2, 0) is 6.18 Å². The Labute approximate surface area is 101 Å². The maximum absolute atomic E-state index is 12.3. The fourth-order valence-electron chi connectivity index (χ4n) is 1.29. The summed E-state index contributed by atoms with van der Waals surface area (Å²) in [6.07, 6.45) is -4.27. The van der Waals surface area contributed by atoms with Gasteiger partial charge in [-0.3, -0.25) is 0 Å². The fraction of sp³-hybridized carbons (Fsp3) is 0.0769. The first-order chi connectivity index (χ1) is 8.05. The number of alkyl halides is 3. The largest absolute Gasteiger partial charge is 0.416 e. The summed E-state index contributed by atoms with van der Waals surface area (Å²) >= 11 is 1.42. The average molecular weight is 253 g/mol. The van der Waals surface area contributed by atoms with Crippen molar-refractivity contribution < 1.29 is 13.2 Å². The van der Waals surface area contributed by atoms with Gasteiger partial charge in [0.2, 0.25) is 0 Å². The number of hydrogen-bond acceptors (Lipinski definition) is 1. The Morgan fingerprint density at radius 3 is 1.88 bits per heavy atom. The molecular weight excluding hydrogens is 245 g/mol. The molecule has 0 bridgehead atoms. The molecule has 0 saturated heterocycles. The van der Waals surface area contributed by atoms with Gasteiger partial charge in [-0.05, 0) is 42.5 Å². The van der Waals surface area contributed by atoms with E-state index in [0.717, 1.165) is 21.9 Å². The van der Waals surface area contributed by atoms with Gasteiger partial charge < -0.3 is 0 Å².